The molecule has 4 aromatic rings. The van der Waals surface area contributed by atoms with Crippen molar-refractivity contribution in [2.75, 3.05) is 27.3 Å². The van der Waals surface area contributed by atoms with Crippen molar-refractivity contribution in [3.63, 3.8) is 0 Å². The number of hydrogen-bond donors (Lipinski definition) is 1. The minimum Gasteiger partial charge on any atom is -0.496 e. The van der Waals surface area contributed by atoms with Gasteiger partial charge in [-0.1, -0.05) is 60.7 Å². The van der Waals surface area contributed by atoms with Crippen LogP contribution in [0.1, 0.15) is 62.5 Å². The molecule has 0 bridgehead atoms. The van der Waals surface area contributed by atoms with Crippen LogP contribution in [0.3, 0.4) is 0 Å². The molecule has 0 spiro atoms. The van der Waals surface area contributed by atoms with Crippen LogP contribution in [-0.4, -0.2) is 51.7 Å². The molecule has 0 radical (unpaired) electrons. The molecule has 2 fully saturated rings. The summed E-state index contributed by atoms with van der Waals surface area (Å²) in [6, 6.07) is 25.7. The highest BCUT2D eigenvalue weighted by molar-refractivity contribution is 5.88. The predicted octanol–water partition coefficient (Wildman–Crippen LogP) is 8.04. The Morgan fingerprint density at radius 2 is 0.977 bits per heavy atom. The van der Waals surface area contributed by atoms with Gasteiger partial charge in [0.2, 0.25) is 0 Å². The third-order valence-electron chi connectivity index (χ3n) is 9.54. The lowest BCUT2D eigenvalue weighted by Crippen LogP contribution is -2.25. The Bertz CT molecular complexity index is 1370. The number of aryl methyl sites for hydroxylation is 2. The minimum absolute atomic E-state index is 0.339. The molecule has 0 amide bonds. The van der Waals surface area contributed by atoms with Crippen molar-refractivity contribution in [1.29, 1.82) is 0 Å². The van der Waals surface area contributed by atoms with E-state index < -0.39 is 0 Å². The molecule has 6 rings (SSSR count). The van der Waals surface area contributed by atoms with Gasteiger partial charge in [-0.15, -0.1) is 0 Å². The van der Waals surface area contributed by atoms with Gasteiger partial charge in [-0.05, 0) is 111 Å². The van der Waals surface area contributed by atoms with Crippen molar-refractivity contribution in [2.24, 2.45) is 0 Å². The van der Waals surface area contributed by atoms with Crippen LogP contribution in [0.4, 0.5) is 0 Å². The van der Waals surface area contributed by atoms with Crippen LogP contribution in [0.15, 0.2) is 72.8 Å². The molecule has 2 aliphatic heterocycles. The van der Waals surface area contributed by atoms with E-state index in [2.05, 4.69) is 78.1 Å². The van der Waals surface area contributed by atoms with Crippen molar-refractivity contribution >= 4 is 21.5 Å². The van der Waals surface area contributed by atoms with Crippen LogP contribution < -0.4 is 14.8 Å². The van der Waals surface area contributed by atoms with E-state index in [1.165, 1.54) is 32.7 Å². The zero-order valence-corrected chi connectivity index (χ0v) is 25.9. The van der Waals surface area contributed by atoms with E-state index in [0.717, 1.165) is 88.8 Å². The number of hydrogen-bond acceptors (Lipinski definition) is 5. The quantitative estimate of drug-likeness (QED) is 0.153. The van der Waals surface area contributed by atoms with Crippen molar-refractivity contribution in [3.05, 3.63) is 83.9 Å². The van der Waals surface area contributed by atoms with Gasteiger partial charge in [-0.25, -0.2) is 0 Å². The maximum Gasteiger partial charge on any atom is 0.122 e. The molecule has 0 saturated carbocycles. The second-order valence-electron chi connectivity index (χ2n) is 12.3. The Morgan fingerprint density at radius 1 is 0.558 bits per heavy atom. The highest BCUT2D eigenvalue weighted by Gasteiger charge is 2.27. The van der Waals surface area contributed by atoms with Crippen LogP contribution in [0, 0.1) is 0 Å². The standard InChI is InChI=1S/C38H47NO4/c1-40-37-21-11-27-7-3-5-9-33(27)35(37)19-17-29-13-15-31(42-29)23-25-39-26-24-32-16-14-30(43-32)18-20-36-34-10-6-4-8-28(34)12-22-38(36)41-2/h3-12,21-22,29-32,39H,13-20,23-26H2,1-2H3. The number of rotatable bonds is 14. The molecule has 5 heteroatoms. The van der Waals surface area contributed by atoms with E-state index in [1.54, 1.807) is 14.2 Å². The summed E-state index contributed by atoms with van der Waals surface area (Å²) in [5.74, 6) is 1.97. The molecule has 1 N–H and O–H groups in total. The first-order chi connectivity index (χ1) is 21.2. The molecule has 4 aromatic carbocycles. The van der Waals surface area contributed by atoms with E-state index in [1.807, 2.05) is 0 Å². The zero-order valence-electron chi connectivity index (χ0n) is 25.9. The van der Waals surface area contributed by atoms with Crippen LogP contribution in [0.25, 0.3) is 21.5 Å². The van der Waals surface area contributed by atoms with E-state index in [9.17, 15) is 0 Å². The summed E-state index contributed by atoms with van der Waals surface area (Å²) in [4.78, 5) is 0. The molecule has 4 atom stereocenters. The van der Waals surface area contributed by atoms with Crippen molar-refractivity contribution in [1.82, 2.24) is 5.32 Å². The molecule has 2 heterocycles. The van der Waals surface area contributed by atoms with Gasteiger partial charge in [-0.2, -0.15) is 0 Å². The predicted molar refractivity (Wildman–Crippen MR) is 176 cm³/mol. The minimum atomic E-state index is 0.339. The molecule has 0 aliphatic carbocycles. The van der Waals surface area contributed by atoms with Crippen LogP contribution in [-0.2, 0) is 22.3 Å². The Labute approximate surface area is 256 Å². The lowest BCUT2D eigenvalue weighted by molar-refractivity contribution is 0.0332. The lowest BCUT2D eigenvalue weighted by atomic mass is 9.97. The molecule has 228 valence electrons. The van der Waals surface area contributed by atoms with Gasteiger partial charge in [0.05, 0.1) is 38.6 Å². The van der Waals surface area contributed by atoms with Gasteiger partial charge >= 0.3 is 0 Å². The average molecular weight is 582 g/mol. The third kappa shape index (κ3) is 7.34. The monoisotopic (exact) mass is 581 g/mol. The molecule has 4 unspecified atom stereocenters. The van der Waals surface area contributed by atoms with Crippen molar-refractivity contribution in [3.8, 4) is 11.5 Å². The highest BCUT2D eigenvalue weighted by Crippen LogP contribution is 2.33. The fourth-order valence-electron chi connectivity index (χ4n) is 7.20. The molecular weight excluding hydrogens is 534 g/mol. The summed E-state index contributed by atoms with van der Waals surface area (Å²) >= 11 is 0. The molecule has 0 aromatic heterocycles. The molecule has 5 nitrogen and oxygen atoms in total. The van der Waals surface area contributed by atoms with E-state index >= 15 is 0 Å². The fraction of sp³-hybridized carbons (Fsp3) is 0.474. The highest BCUT2D eigenvalue weighted by atomic mass is 16.5. The maximum absolute atomic E-state index is 6.45. The van der Waals surface area contributed by atoms with E-state index in [4.69, 9.17) is 18.9 Å². The maximum atomic E-state index is 6.45. The third-order valence-corrected chi connectivity index (χ3v) is 9.54. The van der Waals surface area contributed by atoms with Gasteiger partial charge in [0.25, 0.3) is 0 Å². The zero-order chi connectivity index (χ0) is 29.4. The van der Waals surface area contributed by atoms with Gasteiger partial charge in [-0.3, -0.25) is 0 Å². The summed E-state index contributed by atoms with van der Waals surface area (Å²) < 4.78 is 24.3. The van der Waals surface area contributed by atoms with Crippen molar-refractivity contribution < 1.29 is 18.9 Å². The molecule has 2 saturated heterocycles. The smallest absolute Gasteiger partial charge is 0.122 e. The Hall–Kier alpha value is -3.12. The summed E-state index contributed by atoms with van der Waals surface area (Å²) in [6.45, 7) is 2.01. The van der Waals surface area contributed by atoms with Gasteiger partial charge < -0.3 is 24.3 Å². The average Bonchev–Trinajstić information content (AvgIpc) is 3.71. The van der Waals surface area contributed by atoms with Gasteiger partial charge in [0.1, 0.15) is 11.5 Å². The second kappa shape index (κ2) is 14.6. The molecule has 2 aliphatic rings. The Kier molecular flexibility index (Phi) is 10.1. The van der Waals surface area contributed by atoms with Crippen LogP contribution >= 0.6 is 0 Å². The topological polar surface area (TPSA) is 49.0 Å². The summed E-state index contributed by atoms with van der Waals surface area (Å²) in [5.41, 5.74) is 2.61. The number of ether oxygens (including phenoxy) is 4. The van der Waals surface area contributed by atoms with Crippen molar-refractivity contribution in [2.45, 2.75) is 88.6 Å². The number of methoxy groups -OCH3 is 2. The normalized spacial score (nSPS) is 22.0. The summed E-state index contributed by atoms with van der Waals surface area (Å²) in [6.07, 6.45) is 12.2. The first-order valence-corrected chi connectivity index (χ1v) is 16.3. The van der Waals surface area contributed by atoms with E-state index in [-0.39, 0.29) is 0 Å². The van der Waals surface area contributed by atoms with Gasteiger partial charge in [0, 0.05) is 11.1 Å². The number of benzene rings is 4. The first kappa shape index (κ1) is 29.9. The SMILES string of the molecule is COc1ccc2ccccc2c1CCC1CCC(CCNCCC2CCC(CCc3c(OC)ccc4ccccc34)O2)O1. The Balaban J connectivity index is 0.875. The molecule has 43 heavy (non-hydrogen) atoms. The van der Waals surface area contributed by atoms with Crippen LogP contribution in [0.5, 0.6) is 11.5 Å². The largest absolute Gasteiger partial charge is 0.496 e. The van der Waals surface area contributed by atoms with E-state index in [0.29, 0.717) is 24.4 Å². The van der Waals surface area contributed by atoms with Crippen LogP contribution in [0.2, 0.25) is 0 Å². The summed E-state index contributed by atoms with van der Waals surface area (Å²) in [7, 11) is 3.54. The lowest BCUT2D eigenvalue weighted by Gasteiger charge is -2.17. The Morgan fingerprint density at radius 3 is 1.42 bits per heavy atom. The second-order valence-corrected chi connectivity index (χ2v) is 12.3. The number of nitrogens with one attached hydrogen (secondary N) is 1. The molecular formula is C38H47NO4. The number of fused-ring (bicyclic) bond motifs is 2. The first-order valence-electron chi connectivity index (χ1n) is 16.3. The van der Waals surface area contributed by atoms with Gasteiger partial charge in [0.15, 0.2) is 0 Å². The fourth-order valence-corrected chi connectivity index (χ4v) is 7.20. The summed E-state index contributed by atoms with van der Waals surface area (Å²) in [5, 5.41) is 8.80.